The van der Waals surface area contributed by atoms with E-state index in [4.69, 9.17) is 5.26 Å². The maximum atomic E-state index is 12.3. The molecule has 108 valence electrons. The van der Waals surface area contributed by atoms with Gasteiger partial charge in [0.25, 0.3) is 10.0 Å². The molecule has 1 N–H and O–H groups in total. The molecule has 1 aromatic heterocycles. The van der Waals surface area contributed by atoms with Gasteiger partial charge in [0.05, 0.1) is 11.1 Å². The molecule has 0 amide bonds. The molecule has 0 aliphatic rings. The fourth-order valence-corrected chi connectivity index (χ4v) is 2.80. The summed E-state index contributed by atoms with van der Waals surface area (Å²) >= 11 is 0. The van der Waals surface area contributed by atoms with Crippen LogP contribution in [0, 0.1) is 11.3 Å². The van der Waals surface area contributed by atoms with E-state index in [1.54, 1.807) is 0 Å². The maximum absolute atomic E-state index is 12.3. The van der Waals surface area contributed by atoms with Crippen molar-refractivity contribution in [2.75, 3.05) is 4.72 Å². The van der Waals surface area contributed by atoms with E-state index in [1.807, 2.05) is 6.07 Å². The number of aromatic nitrogens is 2. The molecular formula is C13H12N4O3S. The van der Waals surface area contributed by atoms with E-state index in [9.17, 15) is 13.2 Å². The van der Waals surface area contributed by atoms with Crippen LogP contribution in [0.15, 0.2) is 35.4 Å². The smallest absolute Gasteiger partial charge is 0.263 e. The van der Waals surface area contributed by atoms with Gasteiger partial charge in [-0.25, -0.2) is 8.42 Å². The van der Waals surface area contributed by atoms with Gasteiger partial charge in [-0.1, -0.05) is 12.1 Å². The number of ketones is 1. The Balaban J connectivity index is 2.37. The minimum Gasteiger partial charge on any atom is -0.295 e. The van der Waals surface area contributed by atoms with Crippen molar-refractivity contribution in [2.24, 2.45) is 7.05 Å². The van der Waals surface area contributed by atoms with Crippen molar-refractivity contribution in [3.8, 4) is 6.07 Å². The Morgan fingerprint density at radius 3 is 2.48 bits per heavy atom. The van der Waals surface area contributed by atoms with Gasteiger partial charge in [-0.3, -0.25) is 14.2 Å². The lowest BCUT2D eigenvalue weighted by molar-refractivity contribution is 0.101. The van der Waals surface area contributed by atoms with Gasteiger partial charge >= 0.3 is 0 Å². The highest BCUT2D eigenvalue weighted by Gasteiger charge is 2.19. The lowest BCUT2D eigenvalue weighted by atomic mass is 10.2. The molecule has 2 aromatic rings. The summed E-state index contributed by atoms with van der Waals surface area (Å²) in [5.41, 5.74) is 0.550. The molecule has 0 saturated carbocycles. The standard InChI is InChI=1S/C13H12N4O3S/c1-9(18)10-3-5-12(6-4-10)21(19,20)16-13-11(7-14)8-15-17(13)2/h3-6,8,16H,1-2H3. The number of rotatable bonds is 4. The van der Waals surface area contributed by atoms with E-state index < -0.39 is 10.0 Å². The molecule has 0 spiro atoms. The van der Waals surface area contributed by atoms with Crippen molar-refractivity contribution < 1.29 is 13.2 Å². The Morgan fingerprint density at radius 1 is 1.33 bits per heavy atom. The van der Waals surface area contributed by atoms with Crippen LogP contribution in [0.1, 0.15) is 22.8 Å². The van der Waals surface area contributed by atoms with Gasteiger partial charge in [0.1, 0.15) is 11.6 Å². The largest absolute Gasteiger partial charge is 0.295 e. The van der Waals surface area contributed by atoms with Crippen molar-refractivity contribution in [2.45, 2.75) is 11.8 Å². The third-order valence-corrected chi connectivity index (χ3v) is 4.22. The lowest BCUT2D eigenvalue weighted by Crippen LogP contribution is -2.16. The van der Waals surface area contributed by atoms with E-state index in [0.29, 0.717) is 5.56 Å². The topological polar surface area (TPSA) is 105 Å². The van der Waals surface area contributed by atoms with Gasteiger partial charge in [-0.15, -0.1) is 0 Å². The average Bonchev–Trinajstić information content (AvgIpc) is 2.79. The Labute approximate surface area is 121 Å². The zero-order valence-corrected chi connectivity index (χ0v) is 12.2. The van der Waals surface area contributed by atoms with E-state index in [1.165, 1.54) is 49.1 Å². The molecule has 2 rings (SSSR count). The number of benzene rings is 1. The number of aryl methyl sites for hydroxylation is 1. The molecule has 0 radical (unpaired) electrons. The highest BCUT2D eigenvalue weighted by atomic mass is 32.2. The highest BCUT2D eigenvalue weighted by Crippen LogP contribution is 2.19. The van der Waals surface area contributed by atoms with Crippen LogP contribution in [0.4, 0.5) is 5.82 Å². The van der Waals surface area contributed by atoms with E-state index in [2.05, 4.69) is 9.82 Å². The molecule has 0 aliphatic heterocycles. The fraction of sp³-hybridized carbons (Fsp3) is 0.154. The third kappa shape index (κ3) is 2.93. The number of hydrogen-bond donors (Lipinski definition) is 1. The summed E-state index contributed by atoms with van der Waals surface area (Å²) in [4.78, 5) is 11.2. The second-order valence-electron chi connectivity index (χ2n) is 4.33. The minimum atomic E-state index is -3.85. The van der Waals surface area contributed by atoms with Crippen LogP contribution in [0.5, 0.6) is 0 Å². The lowest BCUT2D eigenvalue weighted by Gasteiger charge is -2.09. The van der Waals surface area contributed by atoms with Crippen molar-refractivity contribution in [3.05, 3.63) is 41.6 Å². The molecule has 0 unspecified atom stereocenters. The second-order valence-corrected chi connectivity index (χ2v) is 6.01. The van der Waals surface area contributed by atoms with Crippen LogP contribution in [0.2, 0.25) is 0 Å². The van der Waals surface area contributed by atoms with Crippen LogP contribution in [-0.4, -0.2) is 24.0 Å². The highest BCUT2D eigenvalue weighted by molar-refractivity contribution is 7.92. The van der Waals surface area contributed by atoms with Crippen LogP contribution in [-0.2, 0) is 17.1 Å². The number of hydrogen-bond acceptors (Lipinski definition) is 5. The second kappa shape index (κ2) is 5.38. The summed E-state index contributed by atoms with van der Waals surface area (Å²) in [5, 5.41) is 12.7. The molecule has 0 aliphatic carbocycles. The Morgan fingerprint density at radius 2 is 1.95 bits per heavy atom. The summed E-state index contributed by atoms with van der Waals surface area (Å²) in [5.74, 6) is -0.0570. The van der Waals surface area contributed by atoms with Crippen molar-refractivity contribution >= 4 is 21.6 Å². The molecule has 1 aromatic carbocycles. The predicted octanol–water partition coefficient (Wildman–Crippen LogP) is 1.30. The van der Waals surface area contributed by atoms with Gasteiger partial charge in [-0.05, 0) is 19.1 Å². The number of nitriles is 1. The molecule has 1 heterocycles. The van der Waals surface area contributed by atoms with E-state index >= 15 is 0 Å². The maximum Gasteiger partial charge on any atom is 0.263 e. The van der Waals surface area contributed by atoms with E-state index in [0.717, 1.165) is 0 Å². The van der Waals surface area contributed by atoms with Crippen molar-refractivity contribution in [3.63, 3.8) is 0 Å². The average molecular weight is 304 g/mol. The first-order valence-electron chi connectivity index (χ1n) is 5.91. The number of Topliss-reactive ketones (excluding diaryl/α,β-unsaturated/α-hetero) is 1. The van der Waals surface area contributed by atoms with E-state index in [-0.39, 0.29) is 22.1 Å². The first kappa shape index (κ1) is 14.7. The van der Waals surface area contributed by atoms with Gasteiger partial charge in [0.15, 0.2) is 11.6 Å². The summed E-state index contributed by atoms with van der Waals surface area (Å²) in [6.07, 6.45) is 1.27. The molecule has 8 heteroatoms. The molecule has 0 bridgehead atoms. The normalized spacial score (nSPS) is 10.9. The fourth-order valence-electron chi connectivity index (χ4n) is 1.70. The number of carbonyl (C=O) groups is 1. The molecule has 0 fully saturated rings. The van der Waals surface area contributed by atoms with Crippen LogP contribution >= 0.6 is 0 Å². The Kier molecular flexibility index (Phi) is 3.78. The third-order valence-electron chi connectivity index (χ3n) is 2.86. The molecule has 7 nitrogen and oxygen atoms in total. The van der Waals surface area contributed by atoms with Gasteiger partial charge in [0.2, 0.25) is 0 Å². The number of sulfonamides is 1. The number of anilines is 1. The summed E-state index contributed by atoms with van der Waals surface area (Å²) < 4.78 is 28.1. The van der Waals surface area contributed by atoms with Gasteiger partial charge < -0.3 is 0 Å². The van der Waals surface area contributed by atoms with Crippen LogP contribution in [0.25, 0.3) is 0 Å². The zero-order chi connectivity index (χ0) is 15.6. The molecular weight excluding hydrogens is 292 g/mol. The van der Waals surface area contributed by atoms with Crippen molar-refractivity contribution in [1.29, 1.82) is 5.26 Å². The quantitative estimate of drug-likeness (QED) is 0.857. The predicted molar refractivity (Wildman–Crippen MR) is 75.2 cm³/mol. The molecule has 0 atom stereocenters. The van der Waals surface area contributed by atoms with Crippen LogP contribution < -0.4 is 4.72 Å². The number of nitrogens with zero attached hydrogens (tertiary/aromatic N) is 3. The molecule has 21 heavy (non-hydrogen) atoms. The SMILES string of the molecule is CC(=O)c1ccc(S(=O)(=O)Nc2c(C#N)cnn2C)cc1. The first-order valence-corrected chi connectivity index (χ1v) is 7.39. The van der Waals surface area contributed by atoms with Gasteiger partial charge in [-0.2, -0.15) is 10.4 Å². The summed E-state index contributed by atoms with van der Waals surface area (Å²) in [6.45, 7) is 1.40. The number of nitrogens with one attached hydrogen (secondary N) is 1. The Hall–Kier alpha value is -2.66. The summed E-state index contributed by atoms with van der Waals surface area (Å²) in [7, 11) is -2.33. The monoisotopic (exact) mass is 304 g/mol. The van der Waals surface area contributed by atoms with Gasteiger partial charge in [0, 0.05) is 12.6 Å². The zero-order valence-electron chi connectivity index (χ0n) is 11.4. The molecule has 0 saturated heterocycles. The Bertz CT molecular complexity index is 829. The minimum absolute atomic E-state index is 0.00223. The van der Waals surface area contributed by atoms with Crippen LogP contribution in [0.3, 0.4) is 0 Å². The first-order chi connectivity index (χ1) is 9.85. The number of carbonyl (C=O) groups excluding carboxylic acids is 1. The summed E-state index contributed by atoms with van der Waals surface area (Å²) in [6, 6.07) is 7.40. The van der Waals surface area contributed by atoms with Crippen molar-refractivity contribution in [1.82, 2.24) is 9.78 Å².